The third-order valence-electron chi connectivity index (χ3n) is 1.35. The van der Waals surface area contributed by atoms with Gasteiger partial charge in [0.15, 0.2) is 6.04 Å². The van der Waals surface area contributed by atoms with Crippen LogP contribution in [0.15, 0.2) is 11.6 Å². The third kappa shape index (κ3) is 2.54. The molecule has 2 N–H and O–H groups in total. The summed E-state index contributed by atoms with van der Waals surface area (Å²) in [4.78, 5) is 14.6. The summed E-state index contributed by atoms with van der Waals surface area (Å²) >= 11 is 1.29. The Kier molecular flexibility index (Phi) is 3.43. The van der Waals surface area contributed by atoms with Gasteiger partial charge in [-0.1, -0.05) is 5.92 Å². The zero-order valence-electron chi connectivity index (χ0n) is 6.73. The molecule has 0 fully saturated rings. The average molecular weight is 196 g/mol. The number of aliphatic carboxylic acids is 1. The number of carboxylic acid groups (broad SMARTS) is 1. The van der Waals surface area contributed by atoms with Crippen LogP contribution in [0.4, 0.5) is 0 Å². The summed E-state index contributed by atoms with van der Waals surface area (Å²) in [5, 5.41) is 13.7. The fourth-order valence-corrected chi connectivity index (χ4v) is 1.52. The van der Waals surface area contributed by atoms with Crippen LogP contribution in [0.1, 0.15) is 11.0 Å². The number of hydrogen-bond acceptors (Lipinski definition) is 4. The van der Waals surface area contributed by atoms with Crippen molar-refractivity contribution in [2.45, 2.75) is 6.04 Å². The van der Waals surface area contributed by atoms with Crippen LogP contribution in [0.5, 0.6) is 0 Å². The van der Waals surface area contributed by atoms with E-state index in [1.54, 1.807) is 11.6 Å². The Morgan fingerprint density at radius 1 is 1.92 bits per heavy atom. The lowest BCUT2D eigenvalue weighted by Crippen LogP contribution is -2.28. The van der Waals surface area contributed by atoms with Gasteiger partial charge in [-0.25, -0.2) is 4.98 Å². The largest absolute Gasteiger partial charge is 0.480 e. The molecule has 0 bridgehead atoms. The molecular weight excluding hydrogens is 188 g/mol. The van der Waals surface area contributed by atoms with Crippen LogP contribution < -0.4 is 5.32 Å². The van der Waals surface area contributed by atoms with Crippen LogP contribution in [-0.4, -0.2) is 22.6 Å². The summed E-state index contributed by atoms with van der Waals surface area (Å²) in [6.45, 7) is 0.219. The first-order valence-corrected chi connectivity index (χ1v) is 4.42. The molecule has 13 heavy (non-hydrogen) atoms. The van der Waals surface area contributed by atoms with Crippen molar-refractivity contribution < 1.29 is 9.90 Å². The molecule has 0 amide bonds. The van der Waals surface area contributed by atoms with E-state index < -0.39 is 12.0 Å². The van der Waals surface area contributed by atoms with Crippen molar-refractivity contribution in [3.63, 3.8) is 0 Å². The molecule has 0 saturated carbocycles. The molecule has 1 rings (SSSR count). The summed E-state index contributed by atoms with van der Waals surface area (Å²) < 4.78 is 0. The molecule has 68 valence electrons. The van der Waals surface area contributed by atoms with Gasteiger partial charge in [-0.2, -0.15) is 0 Å². The topological polar surface area (TPSA) is 62.2 Å². The molecular formula is C8H8N2O2S. The monoisotopic (exact) mass is 196 g/mol. The van der Waals surface area contributed by atoms with Crippen LogP contribution >= 0.6 is 11.3 Å². The second kappa shape index (κ2) is 4.60. The molecule has 5 heteroatoms. The van der Waals surface area contributed by atoms with Crippen molar-refractivity contribution >= 4 is 17.3 Å². The van der Waals surface area contributed by atoms with Crippen LogP contribution in [0.3, 0.4) is 0 Å². The van der Waals surface area contributed by atoms with Crippen LogP contribution in [0, 0.1) is 12.3 Å². The zero-order chi connectivity index (χ0) is 9.68. The molecule has 0 aromatic carbocycles. The Morgan fingerprint density at radius 3 is 3.15 bits per heavy atom. The van der Waals surface area contributed by atoms with Gasteiger partial charge in [-0.15, -0.1) is 17.8 Å². The highest BCUT2D eigenvalue weighted by Crippen LogP contribution is 2.15. The summed E-state index contributed by atoms with van der Waals surface area (Å²) in [5.74, 6) is 1.35. The maximum Gasteiger partial charge on any atom is 0.327 e. The second-order valence-corrected chi connectivity index (χ2v) is 3.15. The molecule has 1 aromatic heterocycles. The van der Waals surface area contributed by atoms with E-state index in [0.29, 0.717) is 5.01 Å². The van der Waals surface area contributed by atoms with Crippen molar-refractivity contribution in [3.05, 3.63) is 16.6 Å². The highest BCUT2D eigenvalue weighted by molar-refractivity contribution is 7.09. The molecule has 0 saturated heterocycles. The quantitative estimate of drug-likeness (QED) is 0.688. The molecule has 1 atom stereocenters. The number of nitrogens with zero attached hydrogens (tertiary/aromatic N) is 1. The Balaban J connectivity index is 2.70. The number of carbonyl (C=O) groups is 1. The maximum absolute atomic E-state index is 10.7. The Bertz CT molecular complexity index is 315. The van der Waals surface area contributed by atoms with Gasteiger partial charge in [0, 0.05) is 11.6 Å². The Labute approximate surface area is 79.6 Å². The van der Waals surface area contributed by atoms with E-state index in [4.69, 9.17) is 11.5 Å². The molecule has 0 aliphatic rings. The molecule has 1 aromatic rings. The van der Waals surface area contributed by atoms with Gasteiger partial charge in [0.05, 0.1) is 6.54 Å². The molecule has 1 heterocycles. The smallest absolute Gasteiger partial charge is 0.327 e. The van der Waals surface area contributed by atoms with E-state index in [-0.39, 0.29) is 6.54 Å². The lowest BCUT2D eigenvalue weighted by molar-refractivity contribution is -0.139. The van der Waals surface area contributed by atoms with Crippen molar-refractivity contribution in [2.75, 3.05) is 6.54 Å². The molecule has 4 nitrogen and oxygen atoms in total. The first kappa shape index (κ1) is 9.71. The van der Waals surface area contributed by atoms with Gasteiger partial charge in [0.1, 0.15) is 5.01 Å². The Hall–Kier alpha value is -1.38. The number of aromatic nitrogens is 1. The predicted molar refractivity (Wildman–Crippen MR) is 49.3 cm³/mol. The number of terminal acetylenes is 1. The number of hydrogen-bond donors (Lipinski definition) is 2. The van der Waals surface area contributed by atoms with E-state index in [1.807, 2.05) is 0 Å². The minimum atomic E-state index is -0.967. The minimum Gasteiger partial charge on any atom is -0.480 e. The Morgan fingerprint density at radius 2 is 2.69 bits per heavy atom. The molecule has 1 unspecified atom stereocenters. The lowest BCUT2D eigenvalue weighted by Gasteiger charge is -2.08. The highest BCUT2D eigenvalue weighted by Gasteiger charge is 2.20. The average Bonchev–Trinajstić information content (AvgIpc) is 2.57. The minimum absolute atomic E-state index is 0.219. The lowest BCUT2D eigenvalue weighted by atomic mass is 10.3. The number of rotatable bonds is 4. The van der Waals surface area contributed by atoms with E-state index in [9.17, 15) is 4.79 Å². The summed E-state index contributed by atoms with van der Waals surface area (Å²) in [6.07, 6.45) is 6.57. The fraction of sp³-hybridized carbons (Fsp3) is 0.250. The van der Waals surface area contributed by atoms with Gasteiger partial charge >= 0.3 is 5.97 Å². The predicted octanol–water partition coefficient (Wildman–Crippen LogP) is 0.492. The van der Waals surface area contributed by atoms with Crippen molar-refractivity contribution in [1.29, 1.82) is 0 Å². The first-order valence-electron chi connectivity index (χ1n) is 3.54. The van der Waals surface area contributed by atoms with E-state index in [0.717, 1.165) is 0 Å². The zero-order valence-corrected chi connectivity index (χ0v) is 7.54. The second-order valence-electron chi connectivity index (χ2n) is 2.23. The van der Waals surface area contributed by atoms with Crippen molar-refractivity contribution in [3.8, 4) is 12.3 Å². The van der Waals surface area contributed by atoms with E-state index >= 15 is 0 Å². The summed E-state index contributed by atoms with van der Waals surface area (Å²) in [6, 6.07) is -0.795. The third-order valence-corrected chi connectivity index (χ3v) is 2.19. The molecule has 0 aliphatic carbocycles. The number of nitrogens with one attached hydrogen (secondary N) is 1. The molecule has 0 spiro atoms. The van der Waals surface area contributed by atoms with Gasteiger partial charge in [0.2, 0.25) is 0 Å². The van der Waals surface area contributed by atoms with Gasteiger partial charge in [0.25, 0.3) is 0 Å². The SMILES string of the molecule is C#CCNC(C(=O)O)c1nccs1. The highest BCUT2D eigenvalue weighted by atomic mass is 32.1. The molecule has 0 radical (unpaired) electrons. The van der Waals surface area contributed by atoms with Crippen molar-refractivity contribution in [2.24, 2.45) is 0 Å². The fourth-order valence-electron chi connectivity index (χ4n) is 0.818. The number of thiazole rings is 1. The van der Waals surface area contributed by atoms with Crippen LogP contribution in [0.25, 0.3) is 0 Å². The normalized spacial score (nSPS) is 11.9. The first-order chi connectivity index (χ1) is 6.25. The summed E-state index contributed by atoms with van der Waals surface area (Å²) in [5.41, 5.74) is 0. The van der Waals surface area contributed by atoms with Gasteiger partial charge in [-0.3, -0.25) is 10.1 Å². The van der Waals surface area contributed by atoms with Crippen LogP contribution in [-0.2, 0) is 4.79 Å². The van der Waals surface area contributed by atoms with E-state index in [2.05, 4.69) is 16.2 Å². The van der Waals surface area contributed by atoms with E-state index in [1.165, 1.54) is 11.3 Å². The van der Waals surface area contributed by atoms with Crippen LogP contribution in [0.2, 0.25) is 0 Å². The number of carboxylic acids is 1. The van der Waals surface area contributed by atoms with Gasteiger partial charge in [-0.05, 0) is 0 Å². The molecule has 0 aliphatic heterocycles. The van der Waals surface area contributed by atoms with Crippen molar-refractivity contribution in [1.82, 2.24) is 10.3 Å². The maximum atomic E-state index is 10.7. The standard InChI is InChI=1S/C8H8N2O2S/c1-2-3-9-6(8(11)12)7-10-4-5-13-7/h1,4-6,9H,3H2,(H,11,12). The van der Waals surface area contributed by atoms with Gasteiger partial charge < -0.3 is 5.11 Å². The summed E-state index contributed by atoms with van der Waals surface area (Å²) in [7, 11) is 0.